The van der Waals surface area contributed by atoms with Crippen molar-refractivity contribution in [2.75, 3.05) is 5.32 Å². The van der Waals surface area contributed by atoms with E-state index in [4.69, 9.17) is 11.6 Å². The van der Waals surface area contributed by atoms with Crippen LogP contribution in [0.4, 0.5) is 18.9 Å². The molecule has 15 heavy (non-hydrogen) atoms. The van der Waals surface area contributed by atoms with Crippen molar-refractivity contribution in [2.45, 2.75) is 13.1 Å². The zero-order valence-electron chi connectivity index (χ0n) is 7.65. The summed E-state index contributed by atoms with van der Waals surface area (Å²) in [5, 5.41) is 2.16. The van der Waals surface area contributed by atoms with Gasteiger partial charge in [-0.05, 0) is 30.7 Å². The smallest absolute Gasteiger partial charge is 0.318 e. The fourth-order valence-corrected chi connectivity index (χ4v) is 1.19. The fourth-order valence-electron chi connectivity index (χ4n) is 0.961. The first kappa shape index (κ1) is 11.8. The van der Waals surface area contributed by atoms with E-state index in [-0.39, 0.29) is 5.69 Å². The van der Waals surface area contributed by atoms with Crippen molar-refractivity contribution >= 4 is 23.2 Å². The lowest BCUT2D eigenvalue weighted by molar-refractivity contribution is -0.167. The summed E-state index contributed by atoms with van der Waals surface area (Å²) >= 11 is 5.61. The molecule has 0 heterocycles. The van der Waals surface area contributed by atoms with Crippen molar-refractivity contribution in [3.8, 4) is 0 Å². The van der Waals surface area contributed by atoms with Crippen LogP contribution < -0.4 is 5.32 Å². The summed E-state index contributed by atoms with van der Waals surface area (Å²) in [6, 6.07) is 4.19. The van der Waals surface area contributed by atoms with Crippen LogP contribution in [0.5, 0.6) is 0 Å². The molecule has 1 amide bonds. The van der Waals surface area contributed by atoms with Gasteiger partial charge >= 0.3 is 12.1 Å². The van der Waals surface area contributed by atoms with Crippen LogP contribution in [0.3, 0.4) is 0 Å². The lowest BCUT2D eigenvalue weighted by Crippen LogP contribution is -2.30. The largest absolute Gasteiger partial charge is 0.471 e. The third-order valence-electron chi connectivity index (χ3n) is 1.69. The molecule has 0 saturated carbocycles. The molecule has 1 aromatic rings. The van der Waals surface area contributed by atoms with E-state index >= 15 is 0 Å². The second kappa shape index (κ2) is 4.10. The topological polar surface area (TPSA) is 29.1 Å². The number of rotatable bonds is 1. The monoisotopic (exact) mass is 237 g/mol. The van der Waals surface area contributed by atoms with Crippen LogP contribution in [-0.2, 0) is 4.79 Å². The average molecular weight is 238 g/mol. The summed E-state index contributed by atoms with van der Waals surface area (Å²) in [5.74, 6) is -1.99. The highest BCUT2D eigenvalue weighted by Crippen LogP contribution is 2.22. The Bertz CT molecular complexity index is 389. The Balaban J connectivity index is 2.87. The number of halogens is 4. The standard InChI is InChI=1S/C9H7ClF3NO/c1-5-4-6(10)2-3-7(5)14-8(15)9(11,12)13/h2-4H,1H3,(H,14,15). The van der Waals surface area contributed by atoms with Gasteiger partial charge in [0, 0.05) is 10.7 Å². The molecule has 0 aliphatic carbocycles. The quantitative estimate of drug-likeness (QED) is 0.799. The van der Waals surface area contributed by atoms with Crippen LogP contribution in [0.2, 0.25) is 5.02 Å². The molecule has 0 aromatic heterocycles. The molecule has 0 bridgehead atoms. The van der Waals surface area contributed by atoms with Crippen molar-refractivity contribution in [1.82, 2.24) is 0 Å². The summed E-state index contributed by atoms with van der Waals surface area (Å²) in [5.41, 5.74) is 0.571. The number of carbonyl (C=O) groups excluding carboxylic acids is 1. The Morgan fingerprint density at radius 3 is 2.47 bits per heavy atom. The van der Waals surface area contributed by atoms with Gasteiger partial charge in [0.1, 0.15) is 0 Å². The number of nitrogens with one attached hydrogen (secondary N) is 1. The minimum Gasteiger partial charge on any atom is -0.318 e. The minimum atomic E-state index is -4.88. The summed E-state index contributed by atoms with van der Waals surface area (Å²) in [6.45, 7) is 1.55. The number of anilines is 1. The highest BCUT2D eigenvalue weighted by molar-refractivity contribution is 6.30. The van der Waals surface area contributed by atoms with Crippen molar-refractivity contribution in [1.29, 1.82) is 0 Å². The van der Waals surface area contributed by atoms with Gasteiger partial charge in [0.15, 0.2) is 0 Å². The van der Waals surface area contributed by atoms with E-state index in [1.165, 1.54) is 18.2 Å². The zero-order chi connectivity index (χ0) is 11.6. The molecule has 0 radical (unpaired) electrons. The van der Waals surface area contributed by atoms with Crippen LogP contribution in [0.15, 0.2) is 18.2 Å². The predicted octanol–water partition coefficient (Wildman–Crippen LogP) is 3.15. The highest BCUT2D eigenvalue weighted by atomic mass is 35.5. The second-order valence-electron chi connectivity index (χ2n) is 2.91. The molecule has 1 aromatic carbocycles. The average Bonchev–Trinajstić information content (AvgIpc) is 2.08. The molecule has 0 saturated heterocycles. The number of amides is 1. The number of aryl methyl sites for hydroxylation is 1. The number of alkyl halides is 3. The van der Waals surface area contributed by atoms with Crippen molar-refractivity contribution in [3.05, 3.63) is 28.8 Å². The van der Waals surface area contributed by atoms with E-state index < -0.39 is 12.1 Å². The zero-order valence-corrected chi connectivity index (χ0v) is 8.41. The van der Waals surface area contributed by atoms with Crippen LogP contribution in [0.25, 0.3) is 0 Å². The molecular formula is C9H7ClF3NO. The van der Waals surface area contributed by atoms with E-state index in [1.54, 1.807) is 12.2 Å². The van der Waals surface area contributed by atoms with Crippen LogP contribution in [0.1, 0.15) is 5.56 Å². The molecule has 0 atom stereocenters. The molecule has 1 N–H and O–H groups in total. The van der Waals surface area contributed by atoms with Crippen LogP contribution in [-0.4, -0.2) is 12.1 Å². The Labute approximate surface area is 89.0 Å². The summed E-state index contributed by atoms with van der Waals surface area (Å²) in [4.78, 5) is 10.6. The summed E-state index contributed by atoms with van der Waals surface area (Å²) in [6.07, 6.45) is -4.88. The van der Waals surface area contributed by atoms with Gasteiger partial charge < -0.3 is 5.32 Å². The second-order valence-corrected chi connectivity index (χ2v) is 3.35. The molecule has 0 fully saturated rings. The van der Waals surface area contributed by atoms with Gasteiger partial charge in [0.2, 0.25) is 0 Å². The number of hydrogen-bond donors (Lipinski definition) is 1. The van der Waals surface area contributed by atoms with E-state index in [9.17, 15) is 18.0 Å². The lowest BCUT2D eigenvalue weighted by Gasteiger charge is -2.10. The predicted molar refractivity (Wildman–Crippen MR) is 50.9 cm³/mol. The molecule has 0 aliphatic heterocycles. The van der Waals surface area contributed by atoms with Crippen molar-refractivity contribution in [3.63, 3.8) is 0 Å². The van der Waals surface area contributed by atoms with Crippen molar-refractivity contribution in [2.24, 2.45) is 0 Å². The first-order chi connectivity index (χ1) is 6.80. The molecule has 6 heteroatoms. The molecule has 0 unspecified atom stereocenters. The molecule has 2 nitrogen and oxygen atoms in total. The summed E-state index contributed by atoms with van der Waals surface area (Å²) in [7, 11) is 0. The third-order valence-corrected chi connectivity index (χ3v) is 1.93. The van der Waals surface area contributed by atoms with Gasteiger partial charge in [0.05, 0.1) is 0 Å². The maximum Gasteiger partial charge on any atom is 0.471 e. The normalized spacial score (nSPS) is 11.3. The summed E-state index contributed by atoms with van der Waals surface area (Å²) < 4.78 is 35.7. The Kier molecular flexibility index (Phi) is 3.24. The van der Waals surface area contributed by atoms with E-state index in [0.29, 0.717) is 10.6 Å². The van der Waals surface area contributed by atoms with E-state index in [2.05, 4.69) is 0 Å². The Morgan fingerprint density at radius 2 is 2.00 bits per heavy atom. The van der Waals surface area contributed by atoms with E-state index in [1.807, 2.05) is 0 Å². The Morgan fingerprint density at radius 1 is 1.40 bits per heavy atom. The van der Waals surface area contributed by atoms with Gasteiger partial charge in [0.25, 0.3) is 0 Å². The van der Waals surface area contributed by atoms with Crippen LogP contribution >= 0.6 is 11.6 Å². The van der Waals surface area contributed by atoms with Gasteiger partial charge in [-0.2, -0.15) is 13.2 Å². The first-order valence-electron chi connectivity index (χ1n) is 3.95. The Hall–Kier alpha value is -1.23. The van der Waals surface area contributed by atoms with Crippen LogP contribution in [0, 0.1) is 6.92 Å². The number of hydrogen-bond acceptors (Lipinski definition) is 1. The molecule has 82 valence electrons. The highest BCUT2D eigenvalue weighted by Gasteiger charge is 2.38. The van der Waals surface area contributed by atoms with Gasteiger partial charge in [-0.15, -0.1) is 0 Å². The molecular weight excluding hydrogens is 231 g/mol. The lowest BCUT2D eigenvalue weighted by atomic mass is 10.2. The molecule has 0 aliphatic rings. The van der Waals surface area contributed by atoms with Gasteiger partial charge in [-0.3, -0.25) is 4.79 Å². The van der Waals surface area contributed by atoms with E-state index in [0.717, 1.165) is 0 Å². The maximum absolute atomic E-state index is 11.9. The third kappa shape index (κ3) is 3.13. The fraction of sp³-hybridized carbons (Fsp3) is 0.222. The van der Waals surface area contributed by atoms with Gasteiger partial charge in [-0.1, -0.05) is 11.6 Å². The van der Waals surface area contributed by atoms with Crippen molar-refractivity contribution < 1.29 is 18.0 Å². The molecule has 1 rings (SSSR count). The number of carbonyl (C=O) groups is 1. The van der Waals surface area contributed by atoms with Gasteiger partial charge in [-0.25, -0.2) is 0 Å². The maximum atomic E-state index is 11.9. The first-order valence-corrected chi connectivity index (χ1v) is 4.33. The SMILES string of the molecule is Cc1cc(Cl)ccc1NC(=O)C(F)(F)F. The number of benzene rings is 1. The minimum absolute atomic E-state index is 0.0988. The molecule has 0 spiro atoms.